The lowest BCUT2D eigenvalue weighted by molar-refractivity contribution is 0.0677. The highest BCUT2D eigenvalue weighted by Crippen LogP contribution is 2.29. The van der Waals surface area contributed by atoms with Crippen molar-refractivity contribution in [2.24, 2.45) is 5.92 Å². The molecule has 2 aromatic carbocycles. The second-order valence-electron chi connectivity index (χ2n) is 7.40. The third kappa shape index (κ3) is 3.25. The van der Waals surface area contributed by atoms with Crippen molar-refractivity contribution >= 4 is 17.7 Å². The Kier molecular flexibility index (Phi) is 4.52. The summed E-state index contributed by atoms with van der Waals surface area (Å²) >= 11 is 0. The van der Waals surface area contributed by atoms with Crippen molar-refractivity contribution in [3.63, 3.8) is 0 Å². The van der Waals surface area contributed by atoms with Crippen molar-refractivity contribution < 1.29 is 14.4 Å². The summed E-state index contributed by atoms with van der Waals surface area (Å²) in [5, 5.41) is 0. The Hall–Kier alpha value is -2.95. The summed E-state index contributed by atoms with van der Waals surface area (Å²) in [4.78, 5) is 40.5. The molecule has 0 atom stereocenters. The van der Waals surface area contributed by atoms with Crippen LogP contribution in [-0.4, -0.2) is 41.1 Å². The van der Waals surface area contributed by atoms with Crippen LogP contribution in [0.5, 0.6) is 0 Å². The van der Waals surface area contributed by atoms with Gasteiger partial charge < -0.3 is 4.90 Å². The van der Waals surface area contributed by atoms with Crippen LogP contribution in [0.15, 0.2) is 48.5 Å². The van der Waals surface area contributed by atoms with E-state index in [2.05, 4.69) is 0 Å². The molecular formula is C22H22N2O3. The summed E-state index contributed by atoms with van der Waals surface area (Å²) in [5.74, 6) is -0.215. The number of benzene rings is 2. The van der Waals surface area contributed by atoms with Gasteiger partial charge in [0.05, 0.1) is 11.1 Å². The average molecular weight is 362 g/mol. The Morgan fingerprint density at radius 2 is 1.74 bits per heavy atom. The number of fused-ring (bicyclic) bond motifs is 1. The molecule has 1 heterocycles. The third-order valence-corrected chi connectivity index (χ3v) is 5.54. The smallest absolute Gasteiger partial charge is 0.261 e. The monoisotopic (exact) mass is 362 g/mol. The van der Waals surface area contributed by atoms with Crippen molar-refractivity contribution in [1.82, 2.24) is 9.80 Å². The van der Waals surface area contributed by atoms with Crippen LogP contribution in [0, 0.1) is 5.92 Å². The molecule has 3 amide bonds. The molecule has 0 radical (unpaired) electrons. The van der Waals surface area contributed by atoms with Crippen LogP contribution in [-0.2, 0) is 6.54 Å². The molecule has 1 fully saturated rings. The zero-order valence-electron chi connectivity index (χ0n) is 15.4. The number of hydrogen-bond acceptors (Lipinski definition) is 3. The zero-order chi connectivity index (χ0) is 19.0. The van der Waals surface area contributed by atoms with Crippen molar-refractivity contribution in [2.75, 3.05) is 13.6 Å². The van der Waals surface area contributed by atoms with Crippen LogP contribution >= 0.6 is 0 Å². The minimum absolute atomic E-state index is 0.0941. The van der Waals surface area contributed by atoms with E-state index in [1.54, 1.807) is 18.2 Å². The van der Waals surface area contributed by atoms with Crippen molar-refractivity contribution in [2.45, 2.75) is 25.8 Å². The van der Waals surface area contributed by atoms with Gasteiger partial charge in [-0.05, 0) is 42.5 Å². The standard InChI is InChI=1S/C22H22N2O3/c1-23-21(26)18-11-10-17(12-19(18)22(23)27)20(25)24(14-16-8-5-9-16)13-15-6-3-2-4-7-15/h2-4,6-7,10-12,16H,5,8-9,13-14H2,1H3. The van der Waals surface area contributed by atoms with Crippen LogP contribution in [0.25, 0.3) is 0 Å². The first-order valence-electron chi connectivity index (χ1n) is 9.34. The van der Waals surface area contributed by atoms with Gasteiger partial charge in [-0.1, -0.05) is 36.8 Å². The Morgan fingerprint density at radius 3 is 2.41 bits per heavy atom. The molecule has 4 rings (SSSR count). The number of rotatable bonds is 5. The first kappa shape index (κ1) is 17.5. The van der Waals surface area contributed by atoms with Gasteiger partial charge in [-0.2, -0.15) is 0 Å². The number of amides is 3. The van der Waals surface area contributed by atoms with E-state index in [9.17, 15) is 14.4 Å². The molecule has 138 valence electrons. The van der Waals surface area contributed by atoms with Gasteiger partial charge in [0.1, 0.15) is 0 Å². The molecule has 0 spiro atoms. The Morgan fingerprint density at radius 1 is 1.04 bits per heavy atom. The molecule has 2 aromatic rings. The van der Waals surface area contributed by atoms with Crippen molar-refractivity contribution in [1.29, 1.82) is 0 Å². The number of imide groups is 1. The minimum atomic E-state index is -0.349. The van der Waals surface area contributed by atoms with Crippen molar-refractivity contribution in [3.8, 4) is 0 Å². The van der Waals surface area contributed by atoms with E-state index < -0.39 is 0 Å². The lowest BCUT2D eigenvalue weighted by Gasteiger charge is -2.32. The lowest BCUT2D eigenvalue weighted by Crippen LogP contribution is -2.37. The summed E-state index contributed by atoms with van der Waals surface area (Å²) in [5.41, 5.74) is 2.22. The molecule has 0 unspecified atom stereocenters. The molecule has 5 heteroatoms. The van der Waals surface area contributed by atoms with Gasteiger partial charge in [0.2, 0.25) is 0 Å². The number of nitrogens with zero attached hydrogens (tertiary/aromatic N) is 2. The van der Waals surface area contributed by atoms with E-state index >= 15 is 0 Å². The second-order valence-corrected chi connectivity index (χ2v) is 7.40. The van der Waals surface area contributed by atoms with Gasteiger partial charge in [0.15, 0.2) is 0 Å². The van der Waals surface area contributed by atoms with Gasteiger partial charge >= 0.3 is 0 Å². The third-order valence-electron chi connectivity index (χ3n) is 5.54. The number of carbonyl (C=O) groups is 3. The molecule has 1 saturated carbocycles. The van der Waals surface area contributed by atoms with Gasteiger partial charge in [0.25, 0.3) is 17.7 Å². The van der Waals surface area contributed by atoms with Crippen LogP contribution < -0.4 is 0 Å². The normalized spacial score (nSPS) is 16.3. The maximum absolute atomic E-state index is 13.2. The van der Waals surface area contributed by atoms with E-state index in [0.717, 1.165) is 29.8 Å². The first-order valence-corrected chi connectivity index (χ1v) is 9.34. The molecule has 5 nitrogen and oxygen atoms in total. The fraction of sp³-hybridized carbons (Fsp3) is 0.318. The topological polar surface area (TPSA) is 57.7 Å². The van der Waals surface area contributed by atoms with Gasteiger partial charge in [0, 0.05) is 25.7 Å². The van der Waals surface area contributed by atoms with Gasteiger partial charge in [-0.25, -0.2) is 0 Å². The summed E-state index contributed by atoms with van der Waals surface area (Å²) in [6.45, 7) is 1.26. The molecule has 0 aromatic heterocycles. The quantitative estimate of drug-likeness (QED) is 0.767. The maximum Gasteiger partial charge on any atom is 0.261 e. The van der Waals surface area contributed by atoms with Gasteiger partial charge in [-0.3, -0.25) is 19.3 Å². The first-order chi connectivity index (χ1) is 13.0. The van der Waals surface area contributed by atoms with Crippen LogP contribution in [0.2, 0.25) is 0 Å². The van der Waals surface area contributed by atoms with Gasteiger partial charge in [-0.15, -0.1) is 0 Å². The largest absolute Gasteiger partial charge is 0.334 e. The molecule has 1 aliphatic carbocycles. The van der Waals surface area contributed by atoms with Crippen LogP contribution in [0.3, 0.4) is 0 Å². The highest BCUT2D eigenvalue weighted by Gasteiger charge is 2.34. The number of carbonyl (C=O) groups excluding carboxylic acids is 3. The second kappa shape index (κ2) is 6.99. The fourth-order valence-corrected chi connectivity index (χ4v) is 3.69. The zero-order valence-corrected chi connectivity index (χ0v) is 15.4. The minimum Gasteiger partial charge on any atom is -0.334 e. The molecule has 0 N–H and O–H groups in total. The summed E-state index contributed by atoms with van der Waals surface area (Å²) < 4.78 is 0. The molecule has 27 heavy (non-hydrogen) atoms. The molecule has 0 saturated heterocycles. The Bertz CT molecular complexity index is 903. The summed E-state index contributed by atoms with van der Waals surface area (Å²) in [7, 11) is 1.46. The molecule has 2 aliphatic rings. The van der Waals surface area contributed by atoms with E-state index in [1.807, 2.05) is 35.2 Å². The predicted octanol–water partition coefficient (Wildman–Crippen LogP) is 3.35. The van der Waals surface area contributed by atoms with E-state index in [1.165, 1.54) is 13.5 Å². The number of hydrogen-bond donors (Lipinski definition) is 0. The van der Waals surface area contributed by atoms with E-state index in [4.69, 9.17) is 0 Å². The Labute approximate surface area is 158 Å². The maximum atomic E-state index is 13.2. The van der Waals surface area contributed by atoms with E-state index in [0.29, 0.717) is 29.2 Å². The summed E-state index contributed by atoms with van der Waals surface area (Å²) in [6, 6.07) is 14.7. The fourth-order valence-electron chi connectivity index (χ4n) is 3.69. The average Bonchev–Trinajstić information content (AvgIpc) is 2.88. The highest BCUT2D eigenvalue weighted by atomic mass is 16.2. The highest BCUT2D eigenvalue weighted by molar-refractivity contribution is 6.21. The summed E-state index contributed by atoms with van der Waals surface area (Å²) in [6.07, 6.45) is 3.53. The van der Waals surface area contributed by atoms with Crippen LogP contribution in [0.1, 0.15) is 55.9 Å². The molecular weight excluding hydrogens is 340 g/mol. The Balaban J connectivity index is 1.61. The molecule has 0 bridgehead atoms. The van der Waals surface area contributed by atoms with E-state index in [-0.39, 0.29) is 17.7 Å². The lowest BCUT2D eigenvalue weighted by atomic mass is 9.85. The van der Waals surface area contributed by atoms with Crippen molar-refractivity contribution in [3.05, 3.63) is 70.8 Å². The predicted molar refractivity (Wildman–Crippen MR) is 101 cm³/mol. The SMILES string of the molecule is CN1C(=O)c2ccc(C(=O)N(Cc3ccccc3)CC3CCC3)cc2C1=O. The van der Waals surface area contributed by atoms with Crippen LogP contribution in [0.4, 0.5) is 0 Å². The molecule has 1 aliphatic heterocycles.